The molecule has 2 heteroatoms. The van der Waals surface area contributed by atoms with E-state index in [1.165, 1.54) is 32.1 Å². The highest BCUT2D eigenvalue weighted by Gasteiger charge is 2.36. The zero-order valence-electron chi connectivity index (χ0n) is 11.1. The standard InChI is InChI=1S/C13H28N2/c1-13(2,14-3)12(15(4)5)11-9-7-6-8-10-11/h11-12,14H,6-10H2,1-5H3. The summed E-state index contributed by atoms with van der Waals surface area (Å²) in [4.78, 5) is 2.41. The third-order valence-electron chi connectivity index (χ3n) is 4.04. The van der Waals surface area contributed by atoms with Crippen LogP contribution in [0.3, 0.4) is 0 Å². The molecule has 2 nitrogen and oxygen atoms in total. The Bertz CT molecular complexity index is 181. The van der Waals surface area contributed by atoms with Crippen molar-refractivity contribution in [3.05, 3.63) is 0 Å². The number of nitrogens with one attached hydrogen (secondary N) is 1. The van der Waals surface area contributed by atoms with E-state index in [1.807, 2.05) is 0 Å². The molecule has 0 bridgehead atoms. The van der Waals surface area contributed by atoms with E-state index in [0.29, 0.717) is 6.04 Å². The van der Waals surface area contributed by atoms with Crippen molar-refractivity contribution >= 4 is 0 Å². The molecule has 15 heavy (non-hydrogen) atoms. The second-order valence-corrected chi connectivity index (χ2v) is 5.78. The third-order valence-corrected chi connectivity index (χ3v) is 4.04. The monoisotopic (exact) mass is 212 g/mol. The second-order valence-electron chi connectivity index (χ2n) is 5.78. The van der Waals surface area contributed by atoms with Crippen LogP contribution in [0.4, 0.5) is 0 Å². The molecule has 0 radical (unpaired) electrons. The number of hydrogen-bond donors (Lipinski definition) is 1. The maximum absolute atomic E-state index is 3.48. The quantitative estimate of drug-likeness (QED) is 0.770. The van der Waals surface area contributed by atoms with Gasteiger partial charge in [0.25, 0.3) is 0 Å². The summed E-state index contributed by atoms with van der Waals surface area (Å²) in [6, 6.07) is 0.655. The first-order chi connectivity index (χ1) is 6.99. The molecule has 1 aliphatic carbocycles. The predicted molar refractivity (Wildman–Crippen MR) is 67.2 cm³/mol. The maximum atomic E-state index is 3.48. The van der Waals surface area contributed by atoms with Crippen LogP contribution in [0.2, 0.25) is 0 Å². The Morgan fingerprint density at radius 1 is 1.13 bits per heavy atom. The molecule has 1 unspecified atom stereocenters. The van der Waals surface area contributed by atoms with Gasteiger partial charge in [0.1, 0.15) is 0 Å². The molecule has 90 valence electrons. The largest absolute Gasteiger partial charge is 0.313 e. The van der Waals surface area contributed by atoms with Gasteiger partial charge in [0.2, 0.25) is 0 Å². The first kappa shape index (κ1) is 13.0. The summed E-state index contributed by atoms with van der Waals surface area (Å²) in [6.07, 6.45) is 7.11. The van der Waals surface area contributed by atoms with Crippen molar-refractivity contribution in [2.45, 2.75) is 57.5 Å². The lowest BCUT2D eigenvalue weighted by Gasteiger charge is -2.45. The topological polar surface area (TPSA) is 15.3 Å². The van der Waals surface area contributed by atoms with Gasteiger partial charge >= 0.3 is 0 Å². The maximum Gasteiger partial charge on any atom is 0.0294 e. The van der Waals surface area contributed by atoms with Crippen LogP contribution < -0.4 is 5.32 Å². The Morgan fingerprint density at radius 2 is 1.67 bits per heavy atom. The van der Waals surface area contributed by atoms with E-state index in [9.17, 15) is 0 Å². The number of rotatable bonds is 4. The molecule has 0 aromatic carbocycles. The molecule has 0 amide bonds. The molecular weight excluding hydrogens is 184 g/mol. The summed E-state index contributed by atoms with van der Waals surface area (Å²) < 4.78 is 0. The van der Waals surface area contributed by atoms with Crippen LogP contribution in [0.15, 0.2) is 0 Å². The van der Waals surface area contributed by atoms with E-state index >= 15 is 0 Å². The van der Waals surface area contributed by atoms with Crippen molar-refractivity contribution in [3.8, 4) is 0 Å². The van der Waals surface area contributed by atoms with Gasteiger partial charge < -0.3 is 10.2 Å². The summed E-state index contributed by atoms with van der Waals surface area (Å²) in [5, 5.41) is 3.48. The SMILES string of the molecule is CNC(C)(C)C(C1CCCCC1)N(C)C. The summed E-state index contributed by atoms with van der Waals surface area (Å²) in [5.41, 5.74) is 0.214. The van der Waals surface area contributed by atoms with Crippen molar-refractivity contribution in [2.24, 2.45) is 5.92 Å². The first-order valence-electron chi connectivity index (χ1n) is 6.34. The number of likely N-dealkylation sites (N-methyl/N-ethyl adjacent to an activating group) is 2. The Morgan fingerprint density at radius 3 is 2.07 bits per heavy atom. The lowest BCUT2D eigenvalue weighted by molar-refractivity contribution is 0.0923. The minimum Gasteiger partial charge on any atom is -0.313 e. The smallest absolute Gasteiger partial charge is 0.0294 e. The first-order valence-corrected chi connectivity index (χ1v) is 6.34. The summed E-state index contributed by atoms with van der Waals surface area (Å²) in [7, 11) is 6.52. The zero-order chi connectivity index (χ0) is 11.5. The molecule has 0 aromatic heterocycles. The lowest BCUT2D eigenvalue weighted by Crippen LogP contribution is -2.57. The summed E-state index contributed by atoms with van der Waals surface area (Å²) in [5.74, 6) is 0.871. The highest BCUT2D eigenvalue weighted by Crippen LogP contribution is 2.33. The molecule has 1 atom stereocenters. The van der Waals surface area contributed by atoms with Crippen LogP contribution in [0.5, 0.6) is 0 Å². The Balaban J connectivity index is 2.72. The molecule has 0 heterocycles. The van der Waals surface area contributed by atoms with Gasteiger partial charge in [0, 0.05) is 11.6 Å². The van der Waals surface area contributed by atoms with Gasteiger partial charge in [-0.05, 0) is 53.8 Å². The normalized spacial score (nSPS) is 22.0. The van der Waals surface area contributed by atoms with E-state index in [2.05, 4.69) is 45.2 Å². The molecular formula is C13H28N2. The predicted octanol–water partition coefficient (Wildman–Crippen LogP) is 2.49. The van der Waals surface area contributed by atoms with E-state index in [4.69, 9.17) is 0 Å². The molecule has 1 fully saturated rings. The Hall–Kier alpha value is -0.0800. The van der Waals surface area contributed by atoms with E-state index in [-0.39, 0.29) is 5.54 Å². The fraction of sp³-hybridized carbons (Fsp3) is 1.00. The van der Waals surface area contributed by atoms with Gasteiger partial charge in [0.15, 0.2) is 0 Å². The molecule has 0 aromatic rings. The van der Waals surface area contributed by atoms with Gasteiger partial charge in [0.05, 0.1) is 0 Å². The summed E-state index contributed by atoms with van der Waals surface area (Å²) >= 11 is 0. The van der Waals surface area contributed by atoms with E-state index < -0.39 is 0 Å². The average Bonchev–Trinajstić information content (AvgIpc) is 2.18. The minimum absolute atomic E-state index is 0.214. The molecule has 0 aliphatic heterocycles. The second kappa shape index (κ2) is 5.31. The van der Waals surface area contributed by atoms with Crippen LogP contribution >= 0.6 is 0 Å². The third kappa shape index (κ3) is 3.18. The van der Waals surface area contributed by atoms with Crippen LogP contribution in [0.25, 0.3) is 0 Å². The van der Waals surface area contributed by atoms with E-state index in [1.54, 1.807) is 0 Å². The van der Waals surface area contributed by atoms with E-state index in [0.717, 1.165) is 5.92 Å². The molecule has 1 N–H and O–H groups in total. The van der Waals surface area contributed by atoms with Crippen molar-refractivity contribution < 1.29 is 0 Å². The lowest BCUT2D eigenvalue weighted by atomic mass is 9.76. The van der Waals surface area contributed by atoms with Crippen molar-refractivity contribution in [3.63, 3.8) is 0 Å². The van der Waals surface area contributed by atoms with Crippen molar-refractivity contribution in [2.75, 3.05) is 21.1 Å². The molecule has 1 rings (SSSR count). The highest BCUT2D eigenvalue weighted by molar-refractivity contribution is 4.95. The molecule has 1 aliphatic rings. The van der Waals surface area contributed by atoms with Crippen LogP contribution in [-0.2, 0) is 0 Å². The molecule has 1 saturated carbocycles. The zero-order valence-corrected chi connectivity index (χ0v) is 11.1. The number of hydrogen-bond acceptors (Lipinski definition) is 2. The summed E-state index contributed by atoms with van der Waals surface area (Å²) in [6.45, 7) is 4.65. The Kier molecular flexibility index (Phi) is 4.60. The fourth-order valence-electron chi connectivity index (χ4n) is 3.25. The highest BCUT2D eigenvalue weighted by atomic mass is 15.2. The van der Waals surface area contributed by atoms with Gasteiger partial charge in [-0.15, -0.1) is 0 Å². The fourth-order valence-corrected chi connectivity index (χ4v) is 3.25. The average molecular weight is 212 g/mol. The van der Waals surface area contributed by atoms with Gasteiger partial charge in [-0.25, -0.2) is 0 Å². The van der Waals surface area contributed by atoms with Gasteiger partial charge in [-0.3, -0.25) is 0 Å². The molecule has 0 saturated heterocycles. The van der Waals surface area contributed by atoms with Crippen molar-refractivity contribution in [1.29, 1.82) is 0 Å². The van der Waals surface area contributed by atoms with Crippen LogP contribution in [-0.4, -0.2) is 37.6 Å². The molecule has 0 spiro atoms. The van der Waals surface area contributed by atoms with Crippen LogP contribution in [0, 0.1) is 5.92 Å². The van der Waals surface area contributed by atoms with Gasteiger partial charge in [-0.2, -0.15) is 0 Å². The van der Waals surface area contributed by atoms with Crippen molar-refractivity contribution in [1.82, 2.24) is 10.2 Å². The Labute approximate surface area is 95.4 Å². The minimum atomic E-state index is 0.214. The number of nitrogens with zero attached hydrogens (tertiary/aromatic N) is 1. The van der Waals surface area contributed by atoms with Gasteiger partial charge in [-0.1, -0.05) is 19.3 Å². The van der Waals surface area contributed by atoms with Crippen LogP contribution in [0.1, 0.15) is 46.0 Å².